The Morgan fingerprint density at radius 3 is 2.60 bits per heavy atom. The molecular formula is C24H33N5O. The molecule has 0 unspecified atom stereocenters. The fraction of sp³-hybridized carbons (Fsp3) is 0.500. The van der Waals surface area contributed by atoms with Crippen LogP contribution in [0.1, 0.15) is 31.2 Å². The van der Waals surface area contributed by atoms with Gasteiger partial charge < -0.3 is 15.5 Å². The monoisotopic (exact) mass is 407 g/mol. The zero-order valence-electron chi connectivity index (χ0n) is 17.9. The van der Waals surface area contributed by atoms with E-state index in [0.717, 1.165) is 64.5 Å². The minimum atomic E-state index is 0.177. The molecule has 2 aromatic rings. The van der Waals surface area contributed by atoms with Crippen molar-refractivity contribution in [3.8, 4) is 0 Å². The molecule has 1 saturated heterocycles. The van der Waals surface area contributed by atoms with E-state index in [1.165, 1.54) is 16.3 Å². The number of aliphatic imine (C=N–C) groups is 1. The van der Waals surface area contributed by atoms with Crippen LogP contribution in [0.2, 0.25) is 0 Å². The third kappa shape index (κ3) is 5.51. The third-order valence-electron chi connectivity index (χ3n) is 5.96. The van der Waals surface area contributed by atoms with Gasteiger partial charge in [0.1, 0.15) is 0 Å². The molecule has 6 heteroatoms. The Labute approximate surface area is 179 Å². The Morgan fingerprint density at radius 1 is 1.07 bits per heavy atom. The molecule has 2 N–H and O–H groups in total. The van der Waals surface area contributed by atoms with Crippen molar-refractivity contribution in [3.05, 3.63) is 48.0 Å². The molecule has 4 rings (SSSR count). The molecule has 2 aromatic carbocycles. The lowest BCUT2D eigenvalue weighted by molar-refractivity contribution is -0.121. The highest BCUT2D eigenvalue weighted by Crippen LogP contribution is 2.21. The molecule has 0 aromatic heterocycles. The number of carbonyl (C=O) groups excluding carboxylic acids is 1. The van der Waals surface area contributed by atoms with Gasteiger partial charge in [0.25, 0.3) is 0 Å². The second-order valence-corrected chi connectivity index (χ2v) is 8.32. The van der Waals surface area contributed by atoms with Crippen molar-refractivity contribution < 1.29 is 4.79 Å². The predicted octanol–water partition coefficient (Wildman–Crippen LogP) is 2.59. The summed E-state index contributed by atoms with van der Waals surface area (Å²) < 4.78 is 0. The Balaban J connectivity index is 1.21. The van der Waals surface area contributed by atoms with Gasteiger partial charge in [-0.2, -0.15) is 0 Å². The van der Waals surface area contributed by atoms with Crippen molar-refractivity contribution in [3.63, 3.8) is 0 Å². The summed E-state index contributed by atoms with van der Waals surface area (Å²) in [5.41, 5.74) is 1.40. The number of hydrogen-bond donors (Lipinski definition) is 2. The van der Waals surface area contributed by atoms with Crippen LogP contribution in [0.5, 0.6) is 0 Å². The van der Waals surface area contributed by atoms with Gasteiger partial charge in [0, 0.05) is 58.8 Å². The van der Waals surface area contributed by atoms with E-state index in [-0.39, 0.29) is 5.91 Å². The first kappa shape index (κ1) is 20.7. The molecule has 1 aliphatic carbocycles. The summed E-state index contributed by atoms with van der Waals surface area (Å²) in [6.45, 7) is 5.74. The topological polar surface area (TPSA) is 60.0 Å². The molecule has 0 radical (unpaired) electrons. The summed E-state index contributed by atoms with van der Waals surface area (Å²) in [4.78, 5) is 21.1. The molecule has 6 nitrogen and oxygen atoms in total. The van der Waals surface area contributed by atoms with Crippen LogP contribution in [0.15, 0.2) is 47.5 Å². The van der Waals surface area contributed by atoms with Crippen molar-refractivity contribution in [1.82, 2.24) is 20.4 Å². The number of carbonyl (C=O) groups is 1. The van der Waals surface area contributed by atoms with E-state index in [9.17, 15) is 4.79 Å². The first-order valence-electron chi connectivity index (χ1n) is 11.2. The summed E-state index contributed by atoms with van der Waals surface area (Å²) in [7, 11) is 1.84. The predicted molar refractivity (Wildman–Crippen MR) is 123 cm³/mol. The fourth-order valence-electron chi connectivity index (χ4n) is 4.10. The van der Waals surface area contributed by atoms with E-state index in [0.29, 0.717) is 12.5 Å². The number of piperazine rings is 1. The van der Waals surface area contributed by atoms with Crippen LogP contribution in [-0.4, -0.2) is 67.5 Å². The van der Waals surface area contributed by atoms with Crippen LogP contribution in [0.25, 0.3) is 10.8 Å². The second-order valence-electron chi connectivity index (χ2n) is 8.32. The minimum Gasteiger partial charge on any atom is -0.356 e. The molecule has 0 bridgehead atoms. The number of nitrogens with zero attached hydrogens (tertiary/aromatic N) is 3. The number of guanidine groups is 1. The minimum absolute atomic E-state index is 0.177. The number of amides is 1. The highest BCUT2D eigenvalue weighted by Gasteiger charge is 2.23. The smallest absolute Gasteiger partial charge is 0.220 e. The quantitative estimate of drug-likeness (QED) is 0.421. The molecule has 1 aliphatic heterocycles. The van der Waals surface area contributed by atoms with Crippen LogP contribution >= 0.6 is 0 Å². The fourth-order valence-corrected chi connectivity index (χ4v) is 4.10. The molecule has 2 fully saturated rings. The van der Waals surface area contributed by atoms with Gasteiger partial charge in [0.2, 0.25) is 5.91 Å². The largest absolute Gasteiger partial charge is 0.356 e. The van der Waals surface area contributed by atoms with Gasteiger partial charge in [-0.25, -0.2) is 0 Å². The lowest BCUT2D eigenvalue weighted by Gasteiger charge is -2.36. The maximum atomic E-state index is 11.8. The SMILES string of the molecule is CN=C(NCCCC(=O)NC1CC1)N1CCN(Cc2cccc3ccccc23)CC1. The Kier molecular flexibility index (Phi) is 6.84. The van der Waals surface area contributed by atoms with Crippen LogP contribution in [-0.2, 0) is 11.3 Å². The van der Waals surface area contributed by atoms with Gasteiger partial charge in [-0.15, -0.1) is 0 Å². The molecule has 0 atom stereocenters. The van der Waals surface area contributed by atoms with E-state index in [4.69, 9.17) is 0 Å². The van der Waals surface area contributed by atoms with Crippen molar-refractivity contribution in [2.24, 2.45) is 4.99 Å². The standard InChI is InChI=1S/C24H33N5O/c1-25-24(26-13-5-10-23(30)27-21-11-12-21)29-16-14-28(15-17-29)18-20-8-4-7-19-6-2-3-9-22(19)20/h2-4,6-9,21H,5,10-18H2,1H3,(H,25,26)(H,27,30). The molecule has 1 heterocycles. The van der Waals surface area contributed by atoms with E-state index in [1.54, 1.807) is 0 Å². The lowest BCUT2D eigenvalue weighted by atomic mass is 10.0. The van der Waals surface area contributed by atoms with Gasteiger partial charge in [-0.3, -0.25) is 14.7 Å². The van der Waals surface area contributed by atoms with Crippen LogP contribution in [0.3, 0.4) is 0 Å². The summed E-state index contributed by atoms with van der Waals surface area (Å²) in [5, 5.41) is 9.13. The lowest BCUT2D eigenvalue weighted by Crippen LogP contribution is -2.52. The first-order valence-corrected chi connectivity index (χ1v) is 11.2. The van der Waals surface area contributed by atoms with E-state index in [2.05, 4.69) is 67.9 Å². The van der Waals surface area contributed by atoms with Crippen molar-refractivity contribution in [2.45, 2.75) is 38.3 Å². The number of hydrogen-bond acceptors (Lipinski definition) is 3. The van der Waals surface area contributed by atoms with E-state index >= 15 is 0 Å². The molecular weight excluding hydrogens is 374 g/mol. The number of rotatable bonds is 7. The highest BCUT2D eigenvalue weighted by atomic mass is 16.1. The van der Waals surface area contributed by atoms with E-state index < -0.39 is 0 Å². The zero-order chi connectivity index (χ0) is 20.8. The van der Waals surface area contributed by atoms with Crippen LogP contribution in [0, 0.1) is 0 Å². The Hall–Kier alpha value is -2.60. The molecule has 1 saturated carbocycles. The summed E-state index contributed by atoms with van der Waals surface area (Å²) in [6.07, 6.45) is 3.70. The molecule has 1 amide bonds. The molecule has 30 heavy (non-hydrogen) atoms. The normalized spacial score (nSPS) is 17.9. The maximum Gasteiger partial charge on any atom is 0.220 e. The van der Waals surface area contributed by atoms with Gasteiger partial charge in [-0.05, 0) is 35.6 Å². The van der Waals surface area contributed by atoms with Crippen molar-refractivity contribution >= 4 is 22.6 Å². The average Bonchev–Trinajstić information content (AvgIpc) is 3.59. The molecule has 160 valence electrons. The summed E-state index contributed by atoms with van der Waals surface area (Å²) >= 11 is 0. The Bertz CT molecular complexity index is 879. The van der Waals surface area contributed by atoms with Gasteiger partial charge >= 0.3 is 0 Å². The number of nitrogens with one attached hydrogen (secondary N) is 2. The molecule has 2 aliphatic rings. The van der Waals surface area contributed by atoms with Crippen molar-refractivity contribution in [2.75, 3.05) is 39.8 Å². The highest BCUT2D eigenvalue weighted by molar-refractivity contribution is 5.85. The number of fused-ring (bicyclic) bond motifs is 1. The third-order valence-corrected chi connectivity index (χ3v) is 5.96. The first-order chi connectivity index (χ1) is 14.7. The maximum absolute atomic E-state index is 11.8. The zero-order valence-corrected chi connectivity index (χ0v) is 17.9. The van der Waals surface area contributed by atoms with Gasteiger partial charge in [0.05, 0.1) is 0 Å². The van der Waals surface area contributed by atoms with Crippen LogP contribution in [0.4, 0.5) is 0 Å². The Morgan fingerprint density at radius 2 is 1.83 bits per heavy atom. The molecule has 0 spiro atoms. The van der Waals surface area contributed by atoms with Gasteiger partial charge in [-0.1, -0.05) is 42.5 Å². The van der Waals surface area contributed by atoms with E-state index in [1.807, 2.05) is 7.05 Å². The number of benzene rings is 2. The average molecular weight is 408 g/mol. The van der Waals surface area contributed by atoms with Crippen LogP contribution < -0.4 is 10.6 Å². The summed E-state index contributed by atoms with van der Waals surface area (Å²) in [5.74, 6) is 1.12. The van der Waals surface area contributed by atoms with Gasteiger partial charge in [0.15, 0.2) is 5.96 Å². The van der Waals surface area contributed by atoms with Crippen molar-refractivity contribution in [1.29, 1.82) is 0 Å². The second kappa shape index (κ2) is 9.94. The summed E-state index contributed by atoms with van der Waals surface area (Å²) in [6, 6.07) is 15.7.